The van der Waals surface area contributed by atoms with E-state index in [0.29, 0.717) is 5.69 Å². The molecule has 0 fully saturated rings. The fourth-order valence-electron chi connectivity index (χ4n) is 0.923. The van der Waals surface area contributed by atoms with E-state index < -0.39 is 0 Å². The topological polar surface area (TPSA) is 72.0 Å². The zero-order valence-corrected chi connectivity index (χ0v) is 11.4. The van der Waals surface area contributed by atoms with Crippen LogP contribution in [0.2, 0.25) is 0 Å². The smallest absolute Gasteiger partial charge is 0.237 e. The fraction of sp³-hybridized carbons (Fsp3) is 0.100. The minimum absolute atomic E-state index is 0.219. The molecular weight excluding hydrogens is 336 g/mol. The first kappa shape index (κ1) is 12.7. The van der Waals surface area contributed by atoms with Gasteiger partial charge in [0.1, 0.15) is 12.1 Å². The Morgan fingerprint density at radius 2 is 1.88 bits per heavy atom. The molecule has 0 unspecified atom stereocenters. The largest absolute Gasteiger partial charge is 0.275 e. The third kappa shape index (κ3) is 3.06. The van der Waals surface area contributed by atoms with Gasteiger partial charge in [-0.3, -0.25) is 5.43 Å². The van der Waals surface area contributed by atoms with Gasteiger partial charge in [-0.2, -0.15) is 15.6 Å². The maximum atomic E-state index is 8.51. The molecule has 1 aromatic carbocycles. The van der Waals surface area contributed by atoms with E-state index in [9.17, 15) is 0 Å². The van der Waals surface area contributed by atoms with E-state index in [4.69, 9.17) is 10.5 Å². The molecule has 0 spiro atoms. The molecule has 0 aromatic heterocycles. The molecule has 16 heavy (non-hydrogen) atoms. The van der Waals surface area contributed by atoms with Gasteiger partial charge in [0.15, 0.2) is 0 Å². The molecule has 1 aromatic rings. The second kappa shape index (κ2) is 5.64. The highest BCUT2D eigenvalue weighted by Gasteiger charge is 2.03. The molecule has 4 nitrogen and oxygen atoms in total. The van der Waals surface area contributed by atoms with Gasteiger partial charge < -0.3 is 0 Å². The number of hydrazone groups is 1. The Balaban J connectivity index is 3.01. The van der Waals surface area contributed by atoms with Crippen LogP contribution in [0.4, 0.5) is 5.69 Å². The summed E-state index contributed by atoms with van der Waals surface area (Å²) in [5.41, 5.74) is 4.18. The maximum absolute atomic E-state index is 8.51. The Morgan fingerprint density at radius 1 is 1.25 bits per heavy atom. The lowest BCUT2D eigenvalue weighted by Crippen LogP contribution is -1.97. The van der Waals surface area contributed by atoms with Crippen LogP contribution in [0.1, 0.15) is 5.56 Å². The molecule has 0 aliphatic carbocycles. The number of hydrogen-bond acceptors (Lipinski definition) is 4. The van der Waals surface area contributed by atoms with Crippen molar-refractivity contribution in [2.24, 2.45) is 5.10 Å². The van der Waals surface area contributed by atoms with E-state index in [1.165, 1.54) is 0 Å². The number of benzene rings is 1. The Bertz CT molecular complexity index is 507. The van der Waals surface area contributed by atoms with Gasteiger partial charge in [0.25, 0.3) is 0 Å². The predicted octanol–water partition coefficient (Wildman–Crippen LogP) is 3.34. The molecule has 0 aliphatic heterocycles. The summed E-state index contributed by atoms with van der Waals surface area (Å²) in [5, 5.41) is 20.7. The van der Waals surface area contributed by atoms with E-state index in [2.05, 4.69) is 42.4 Å². The summed E-state index contributed by atoms with van der Waals surface area (Å²) in [6, 6.07) is 7.05. The summed E-state index contributed by atoms with van der Waals surface area (Å²) < 4.78 is 1.73. The van der Waals surface area contributed by atoms with Crippen LogP contribution in [-0.2, 0) is 0 Å². The summed E-state index contributed by atoms with van der Waals surface area (Å²) in [6.45, 7) is 1.96. The Kier molecular flexibility index (Phi) is 4.48. The number of anilines is 1. The quantitative estimate of drug-likeness (QED) is 0.662. The SMILES string of the molecule is Cc1cc(Br)c(NN=C(C#N)C#N)cc1Br. The van der Waals surface area contributed by atoms with Gasteiger partial charge in [0.05, 0.1) is 5.69 Å². The van der Waals surface area contributed by atoms with Crippen molar-refractivity contribution in [3.05, 3.63) is 26.6 Å². The molecule has 1 rings (SSSR count). The summed E-state index contributed by atoms with van der Waals surface area (Å²) in [5.74, 6) is 0. The highest BCUT2D eigenvalue weighted by atomic mass is 79.9. The first-order valence-electron chi connectivity index (χ1n) is 4.18. The first-order chi connectivity index (χ1) is 7.58. The standard InChI is InChI=1S/C10H6Br2N4/c1-6-2-9(12)10(3-8(6)11)16-15-7(4-13)5-14/h2-3,16H,1H3. The van der Waals surface area contributed by atoms with Crippen molar-refractivity contribution in [3.63, 3.8) is 0 Å². The lowest BCUT2D eigenvalue weighted by molar-refractivity contribution is 1.30. The Hall–Kier alpha value is -1.37. The third-order valence-electron chi connectivity index (χ3n) is 1.75. The second-order valence-corrected chi connectivity index (χ2v) is 4.59. The number of nitrogens with one attached hydrogen (secondary N) is 1. The summed E-state index contributed by atoms with van der Waals surface area (Å²) in [7, 11) is 0. The van der Waals surface area contributed by atoms with Crippen LogP contribution in [0, 0.1) is 29.6 Å². The average molecular weight is 342 g/mol. The van der Waals surface area contributed by atoms with Crippen LogP contribution in [0.25, 0.3) is 0 Å². The number of nitriles is 2. The molecule has 1 N–H and O–H groups in total. The van der Waals surface area contributed by atoms with Crippen LogP contribution in [0.5, 0.6) is 0 Å². The van der Waals surface area contributed by atoms with Gasteiger partial charge in [0, 0.05) is 8.95 Å². The minimum atomic E-state index is -0.219. The highest BCUT2D eigenvalue weighted by Crippen LogP contribution is 2.29. The van der Waals surface area contributed by atoms with Crippen LogP contribution >= 0.6 is 31.9 Å². The number of halogens is 2. The molecule has 0 saturated heterocycles. The van der Waals surface area contributed by atoms with Gasteiger partial charge in [0.2, 0.25) is 5.71 Å². The van der Waals surface area contributed by atoms with Gasteiger partial charge >= 0.3 is 0 Å². The molecule has 0 bridgehead atoms. The molecule has 0 saturated carbocycles. The van der Waals surface area contributed by atoms with E-state index in [0.717, 1.165) is 14.5 Å². The lowest BCUT2D eigenvalue weighted by atomic mass is 10.2. The van der Waals surface area contributed by atoms with Gasteiger partial charge in [-0.1, -0.05) is 15.9 Å². The van der Waals surface area contributed by atoms with Gasteiger partial charge in [-0.25, -0.2) is 0 Å². The van der Waals surface area contributed by atoms with Crippen molar-refractivity contribution in [3.8, 4) is 12.1 Å². The van der Waals surface area contributed by atoms with E-state index >= 15 is 0 Å². The Morgan fingerprint density at radius 3 is 2.44 bits per heavy atom. The fourth-order valence-corrected chi connectivity index (χ4v) is 1.81. The molecule has 0 heterocycles. The lowest BCUT2D eigenvalue weighted by Gasteiger charge is -2.06. The number of aryl methyl sites for hydroxylation is 1. The van der Waals surface area contributed by atoms with E-state index in [1.807, 2.05) is 19.1 Å². The molecule has 0 atom stereocenters. The summed E-state index contributed by atoms with van der Waals surface area (Å²) in [4.78, 5) is 0. The van der Waals surface area contributed by atoms with Gasteiger partial charge in [-0.05, 0) is 40.5 Å². The van der Waals surface area contributed by atoms with Crippen LogP contribution in [0.15, 0.2) is 26.2 Å². The Labute approximate surface area is 110 Å². The molecule has 0 amide bonds. The van der Waals surface area contributed by atoms with Crippen LogP contribution in [-0.4, -0.2) is 5.71 Å². The van der Waals surface area contributed by atoms with Crippen LogP contribution in [0.3, 0.4) is 0 Å². The summed E-state index contributed by atoms with van der Waals surface area (Å²) >= 11 is 6.74. The zero-order chi connectivity index (χ0) is 12.1. The van der Waals surface area contributed by atoms with E-state index in [1.54, 1.807) is 12.1 Å². The minimum Gasteiger partial charge on any atom is -0.275 e. The molecular formula is C10H6Br2N4. The van der Waals surface area contributed by atoms with E-state index in [-0.39, 0.29) is 5.71 Å². The van der Waals surface area contributed by atoms with Gasteiger partial charge in [-0.15, -0.1) is 0 Å². The monoisotopic (exact) mass is 340 g/mol. The second-order valence-electron chi connectivity index (χ2n) is 2.88. The molecule has 0 radical (unpaired) electrons. The number of rotatable bonds is 2. The zero-order valence-electron chi connectivity index (χ0n) is 8.25. The third-order valence-corrected chi connectivity index (χ3v) is 3.26. The van der Waals surface area contributed by atoms with Crippen molar-refractivity contribution in [2.45, 2.75) is 6.92 Å². The predicted molar refractivity (Wildman–Crippen MR) is 68.9 cm³/mol. The maximum Gasteiger partial charge on any atom is 0.237 e. The van der Waals surface area contributed by atoms with Crippen molar-refractivity contribution in [2.75, 3.05) is 5.43 Å². The molecule has 0 aliphatic rings. The van der Waals surface area contributed by atoms with Crippen LogP contribution < -0.4 is 5.43 Å². The molecule has 6 heteroatoms. The number of hydrogen-bond donors (Lipinski definition) is 1. The van der Waals surface area contributed by atoms with Crippen molar-refractivity contribution >= 4 is 43.3 Å². The first-order valence-corrected chi connectivity index (χ1v) is 5.76. The number of nitrogens with zero attached hydrogens (tertiary/aromatic N) is 3. The molecule has 80 valence electrons. The average Bonchev–Trinajstić information content (AvgIpc) is 2.26. The normalized spacial score (nSPS) is 8.81. The van der Waals surface area contributed by atoms with Crippen molar-refractivity contribution < 1.29 is 0 Å². The van der Waals surface area contributed by atoms with Crippen molar-refractivity contribution in [1.29, 1.82) is 10.5 Å². The van der Waals surface area contributed by atoms with Crippen molar-refractivity contribution in [1.82, 2.24) is 0 Å². The highest BCUT2D eigenvalue weighted by molar-refractivity contribution is 9.11. The summed E-state index contributed by atoms with van der Waals surface area (Å²) in [6.07, 6.45) is 0.